The summed E-state index contributed by atoms with van der Waals surface area (Å²) in [4.78, 5) is 30.3. The number of aromatic nitrogens is 4. The quantitative estimate of drug-likeness (QED) is 0.583. The Balaban J connectivity index is 1.97. The molecule has 9 heteroatoms. The average Bonchev–Trinajstić information content (AvgIpc) is 3.22. The van der Waals surface area contributed by atoms with Crippen molar-refractivity contribution in [3.05, 3.63) is 16.0 Å². The summed E-state index contributed by atoms with van der Waals surface area (Å²) in [5.41, 5.74) is 1.42. The molecular formula is C19H29N5O3S. The van der Waals surface area contributed by atoms with E-state index < -0.39 is 0 Å². The molecule has 2 aromatic heterocycles. The average molecular weight is 408 g/mol. The molecule has 0 aromatic carbocycles. The summed E-state index contributed by atoms with van der Waals surface area (Å²) >= 11 is 1.28. The van der Waals surface area contributed by atoms with Gasteiger partial charge in [-0.3, -0.25) is 18.8 Å². The van der Waals surface area contributed by atoms with E-state index in [1.54, 1.807) is 9.25 Å². The number of ether oxygens (including phenoxy) is 1. The minimum absolute atomic E-state index is 0.00111. The van der Waals surface area contributed by atoms with Crippen LogP contribution in [0.3, 0.4) is 0 Å². The van der Waals surface area contributed by atoms with Crippen LogP contribution in [0.5, 0.6) is 0 Å². The Labute approximate surface area is 169 Å². The Morgan fingerprint density at radius 3 is 2.75 bits per heavy atom. The first-order valence-corrected chi connectivity index (χ1v) is 10.7. The van der Waals surface area contributed by atoms with Crippen molar-refractivity contribution in [1.29, 1.82) is 0 Å². The maximum Gasteiger partial charge on any atom is 0.280 e. The molecule has 8 nitrogen and oxygen atoms in total. The molecule has 0 aliphatic carbocycles. The Morgan fingerprint density at radius 1 is 1.39 bits per heavy atom. The normalized spacial score (nSPS) is 17.4. The summed E-state index contributed by atoms with van der Waals surface area (Å²) in [6, 6.07) is 0. The van der Waals surface area contributed by atoms with Gasteiger partial charge in [-0.1, -0.05) is 11.8 Å². The van der Waals surface area contributed by atoms with Gasteiger partial charge >= 0.3 is 0 Å². The van der Waals surface area contributed by atoms with Crippen LogP contribution in [0, 0.1) is 6.92 Å². The second-order valence-electron chi connectivity index (χ2n) is 8.13. The molecule has 2 aromatic rings. The summed E-state index contributed by atoms with van der Waals surface area (Å²) in [7, 11) is 0. The highest BCUT2D eigenvalue weighted by Crippen LogP contribution is 2.22. The summed E-state index contributed by atoms with van der Waals surface area (Å²) in [6.07, 6.45) is 1.92. The predicted octanol–water partition coefficient (Wildman–Crippen LogP) is 2.11. The van der Waals surface area contributed by atoms with Crippen molar-refractivity contribution in [1.82, 2.24) is 24.6 Å². The molecule has 1 saturated heterocycles. The van der Waals surface area contributed by atoms with Crippen molar-refractivity contribution in [2.75, 3.05) is 12.4 Å². The summed E-state index contributed by atoms with van der Waals surface area (Å²) in [5, 5.41) is 7.93. The van der Waals surface area contributed by atoms with Gasteiger partial charge in [0.1, 0.15) is 5.52 Å². The van der Waals surface area contributed by atoms with Crippen LogP contribution in [0.15, 0.2) is 9.95 Å². The second-order valence-corrected chi connectivity index (χ2v) is 9.07. The van der Waals surface area contributed by atoms with E-state index in [4.69, 9.17) is 9.72 Å². The van der Waals surface area contributed by atoms with Crippen LogP contribution in [0.2, 0.25) is 0 Å². The first-order chi connectivity index (χ1) is 13.2. The number of hydrogen-bond acceptors (Lipinski definition) is 6. The van der Waals surface area contributed by atoms with Crippen molar-refractivity contribution >= 4 is 28.7 Å². The zero-order valence-electron chi connectivity index (χ0n) is 17.2. The van der Waals surface area contributed by atoms with Crippen molar-refractivity contribution in [3.63, 3.8) is 0 Å². The largest absolute Gasteiger partial charge is 0.376 e. The van der Waals surface area contributed by atoms with Crippen LogP contribution in [0.1, 0.15) is 46.2 Å². The van der Waals surface area contributed by atoms with Crippen LogP contribution in [0.4, 0.5) is 0 Å². The van der Waals surface area contributed by atoms with Crippen LogP contribution in [-0.4, -0.2) is 49.2 Å². The number of nitrogens with zero attached hydrogens (tertiary/aromatic N) is 4. The van der Waals surface area contributed by atoms with E-state index in [9.17, 15) is 9.59 Å². The van der Waals surface area contributed by atoms with E-state index in [1.165, 1.54) is 11.8 Å². The Morgan fingerprint density at radius 2 is 2.14 bits per heavy atom. The topological polar surface area (TPSA) is 91.0 Å². The van der Waals surface area contributed by atoms with Gasteiger partial charge < -0.3 is 10.1 Å². The zero-order valence-corrected chi connectivity index (χ0v) is 18.1. The van der Waals surface area contributed by atoms with Gasteiger partial charge in [0.2, 0.25) is 5.91 Å². The van der Waals surface area contributed by atoms with Crippen molar-refractivity contribution in [3.8, 4) is 0 Å². The zero-order chi connectivity index (χ0) is 20.5. The van der Waals surface area contributed by atoms with Crippen LogP contribution >= 0.6 is 11.8 Å². The molecule has 0 spiro atoms. The highest BCUT2D eigenvalue weighted by Gasteiger charge is 2.23. The summed E-state index contributed by atoms with van der Waals surface area (Å²) < 4.78 is 9.09. The third-order valence-electron chi connectivity index (χ3n) is 4.54. The first-order valence-electron chi connectivity index (χ1n) is 9.73. The Bertz CT molecular complexity index is 922. The molecule has 1 fully saturated rings. The molecule has 1 aliphatic heterocycles. The molecule has 3 rings (SSSR count). The van der Waals surface area contributed by atoms with E-state index in [2.05, 4.69) is 10.4 Å². The smallest absolute Gasteiger partial charge is 0.280 e. The van der Waals surface area contributed by atoms with Gasteiger partial charge in [0.05, 0.1) is 24.1 Å². The number of fused-ring (bicyclic) bond motifs is 1. The van der Waals surface area contributed by atoms with E-state index >= 15 is 0 Å². The summed E-state index contributed by atoms with van der Waals surface area (Å²) in [5.74, 6) is 0.110. The Hall–Kier alpha value is -1.87. The number of hydrogen-bond donors (Lipinski definition) is 1. The van der Waals surface area contributed by atoms with Crippen molar-refractivity contribution in [2.24, 2.45) is 0 Å². The fraction of sp³-hybridized carbons (Fsp3) is 0.684. The molecule has 1 unspecified atom stereocenters. The highest BCUT2D eigenvalue weighted by atomic mass is 32.2. The highest BCUT2D eigenvalue weighted by molar-refractivity contribution is 7.99. The number of carbonyl (C=O) groups is 1. The molecule has 1 N–H and O–H groups in total. The molecule has 0 bridgehead atoms. The van der Waals surface area contributed by atoms with E-state index in [-0.39, 0.29) is 28.9 Å². The lowest BCUT2D eigenvalue weighted by Crippen LogP contribution is -2.41. The third kappa shape index (κ3) is 4.57. The molecule has 28 heavy (non-hydrogen) atoms. The lowest BCUT2D eigenvalue weighted by Gasteiger charge is -2.20. The minimum Gasteiger partial charge on any atom is -0.376 e. The van der Waals surface area contributed by atoms with Gasteiger partial charge in [-0.05, 0) is 47.5 Å². The number of rotatable bonds is 6. The molecular weight excluding hydrogens is 378 g/mol. The lowest BCUT2D eigenvalue weighted by molar-refractivity contribution is -0.119. The minimum atomic E-state index is -0.300. The molecule has 154 valence electrons. The fourth-order valence-electron chi connectivity index (χ4n) is 3.36. The molecule has 1 atom stereocenters. The van der Waals surface area contributed by atoms with E-state index in [0.29, 0.717) is 29.3 Å². The van der Waals surface area contributed by atoms with Crippen molar-refractivity contribution < 1.29 is 9.53 Å². The molecule has 0 saturated carbocycles. The molecule has 3 heterocycles. The number of nitrogens with one attached hydrogen (secondary N) is 1. The van der Waals surface area contributed by atoms with Crippen LogP contribution in [-0.2, 0) is 22.6 Å². The lowest BCUT2D eigenvalue weighted by atomic mass is 10.1. The summed E-state index contributed by atoms with van der Waals surface area (Å²) in [6.45, 7) is 11.4. The van der Waals surface area contributed by atoms with Gasteiger partial charge in [0.15, 0.2) is 10.7 Å². The predicted molar refractivity (Wildman–Crippen MR) is 110 cm³/mol. The Kier molecular flexibility index (Phi) is 6.14. The van der Waals surface area contributed by atoms with Crippen LogP contribution < -0.4 is 10.9 Å². The molecule has 1 aliphatic rings. The van der Waals surface area contributed by atoms with Crippen molar-refractivity contribution in [2.45, 2.75) is 77.3 Å². The van der Waals surface area contributed by atoms with Gasteiger partial charge in [0, 0.05) is 18.7 Å². The second kappa shape index (κ2) is 8.24. The van der Waals surface area contributed by atoms with Crippen LogP contribution in [0.25, 0.3) is 11.0 Å². The molecule has 1 amide bonds. The molecule has 0 radical (unpaired) electrons. The number of thioether (sulfide) groups is 1. The maximum atomic E-state index is 13.3. The fourth-order valence-corrected chi connectivity index (χ4v) is 4.17. The van der Waals surface area contributed by atoms with Gasteiger partial charge in [-0.2, -0.15) is 5.10 Å². The third-order valence-corrected chi connectivity index (χ3v) is 5.51. The maximum absolute atomic E-state index is 13.3. The number of amides is 1. The van der Waals surface area contributed by atoms with Gasteiger partial charge in [-0.25, -0.2) is 4.98 Å². The van der Waals surface area contributed by atoms with E-state index in [1.807, 2.05) is 34.6 Å². The SMILES string of the molecule is CCn1nc(C)c2nc(SCC(=O)NC(C)(C)C)n(CC3CCCO3)c(=O)c21. The first kappa shape index (κ1) is 20.9. The van der Waals surface area contributed by atoms with E-state index in [0.717, 1.165) is 25.1 Å². The number of aryl methyl sites for hydroxylation is 2. The monoisotopic (exact) mass is 407 g/mol. The standard InChI is InChI=1S/C19H29N5O3S/c1-6-24-16-15(12(2)22-24)20-18(28-11-14(25)21-19(3,4)5)23(17(16)26)10-13-8-7-9-27-13/h13H,6-11H2,1-5H3,(H,21,25). The van der Waals surface area contributed by atoms with Gasteiger partial charge in [-0.15, -0.1) is 0 Å². The van der Waals surface area contributed by atoms with Gasteiger partial charge in [0.25, 0.3) is 5.56 Å². The number of carbonyl (C=O) groups excluding carboxylic acids is 1.